The van der Waals surface area contributed by atoms with Crippen LogP contribution in [0, 0.1) is 17.8 Å². The normalized spacial score (nSPS) is 38.9. The van der Waals surface area contributed by atoms with E-state index in [1.165, 1.54) is 56.9 Å². The van der Waals surface area contributed by atoms with Gasteiger partial charge in [0.1, 0.15) is 0 Å². The third-order valence-electron chi connectivity index (χ3n) is 5.41. The van der Waals surface area contributed by atoms with Crippen LogP contribution in [-0.2, 0) is 0 Å². The average molecular weight is 234 g/mol. The maximum absolute atomic E-state index is 10.4. The fourth-order valence-electron chi connectivity index (χ4n) is 4.45. The first kappa shape index (κ1) is 11.8. The van der Waals surface area contributed by atoms with Crippen molar-refractivity contribution in [2.45, 2.75) is 70.3 Å². The van der Waals surface area contributed by atoms with Crippen LogP contribution in [0.5, 0.6) is 0 Å². The van der Waals surface area contributed by atoms with Crippen LogP contribution >= 0.6 is 0 Å². The van der Waals surface area contributed by atoms with Crippen molar-refractivity contribution in [1.82, 2.24) is 0 Å². The molecular weight excluding hydrogens is 208 g/mol. The molecule has 4 unspecified atom stereocenters. The van der Waals surface area contributed by atoms with Gasteiger partial charge in [-0.05, 0) is 74.7 Å². The summed E-state index contributed by atoms with van der Waals surface area (Å²) in [7, 11) is 0. The van der Waals surface area contributed by atoms with E-state index in [9.17, 15) is 5.11 Å². The van der Waals surface area contributed by atoms with E-state index in [0.29, 0.717) is 0 Å². The molecule has 0 aromatic carbocycles. The number of fused-ring (bicyclic) bond motifs is 2. The molecule has 0 radical (unpaired) electrons. The van der Waals surface area contributed by atoms with Gasteiger partial charge in [-0.25, -0.2) is 0 Å². The minimum absolute atomic E-state index is 0.113. The highest BCUT2D eigenvalue weighted by molar-refractivity contribution is 5.10. The Bertz CT molecular complexity index is 294. The first-order valence-electron chi connectivity index (χ1n) is 7.70. The van der Waals surface area contributed by atoms with Gasteiger partial charge in [0.2, 0.25) is 0 Å². The Labute approximate surface area is 105 Å². The molecule has 3 aliphatic rings. The zero-order valence-corrected chi connectivity index (χ0v) is 10.9. The highest BCUT2D eigenvalue weighted by atomic mass is 16.3. The fraction of sp³-hybridized carbons (Fsp3) is 0.875. The maximum atomic E-state index is 10.4. The number of rotatable bonds is 3. The lowest BCUT2D eigenvalue weighted by Crippen LogP contribution is -2.20. The molecule has 96 valence electrons. The predicted molar refractivity (Wildman–Crippen MR) is 70.7 cm³/mol. The molecule has 1 N–H and O–H groups in total. The molecule has 3 aliphatic carbocycles. The lowest BCUT2D eigenvalue weighted by atomic mass is 9.83. The van der Waals surface area contributed by atoms with Crippen molar-refractivity contribution in [3.8, 4) is 0 Å². The van der Waals surface area contributed by atoms with Gasteiger partial charge in [-0.3, -0.25) is 0 Å². The Kier molecular flexibility index (Phi) is 3.56. The summed E-state index contributed by atoms with van der Waals surface area (Å²) in [6.45, 7) is 0. The van der Waals surface area contributed by atoms with Gasteiger partial charge in [0.05, 0.1) is 6.10 Å². The van der Waals surface area contributed by atoms with Crippen molar-refractivity contribution in [2.75, 3.05) is 0 Å². The van der Waals surface area contributed by atoms with E-state index < -0.39 is 0 Å². The number of hydrogen-bond acceptors (Lipinski definition) is 1. The van der Waals surface area contributed by atoms with Crippen LogP contribution in [-0.4, -0.2) is 11.2 Å². The van der Waals surface area contributed by atoms with E-state index in [2.05, 4.69) is 6.08 Å². The van der Waals surface area contributed by atoms with Gasteiger partial charge in [0.15, 0.2) is 0 Å². The average Bonchev–Trinajstić information content (AvgIpc) is 2.82. The van der Waals surface area contributed by atoms with Gasteiger partial charge in [0, 0.05) is 0 Å². The van der Waals surface area contributed by atoms with Crippen molar-refractivity contribution in [2.24, 2.45) is 17.8 Å². The van der Waals surface area contributed by atoms with Crippen molar-refractivity contribution in [3.63, 3.8) is 0 Å². The van der Waals surface area contributed by atoms with E-state index >= 15 is 0 Å². The Morgan fingerprint density at radius 1 is 1.18 bits per heavy atom. The highest BCUT2D eigenvalue weighted by Crippen LogP contribution is 2.50. The third kappa shape index (κ3) is 2.59. The Balaban J connectivity index is 1.55. The fourth-order valence-corrected chi connectivity index (χ4v) is 4.45. The molecule has 0 amide bonds. The standard InChI is InChI=1S/C16H26O/c17-16(13-5-3-1-2-4-6-13)11-15-10-12-7-8-14(15)9-12/h5,12,14-17H,1-4,6-11H2. The minimum atomic E-state index is -0.113. The molecule has 1 heteroatoms. The van der Waals surface area contributed by atoms with Gasteiger partial charge in [0.25, 0.3) is 0 Å². The third-order valence-corrected chi connectivity index (χ3v) is 5.41. The van der Waals surface area contributed by atoms with Crippen molar-refractivity contribution < 1.29 is 5.11 Å². The van der Waals surface area contributed by atoms with Crippen LogP contribution in [0.2, 0.25) is 0 Å². The molecule has 0 spiro atoms. The van der Waals surface area contributed by atoms with Crippen molar-refractivity contribution >= 4 is 0 Å². The van der Waals surface area contributed by atoms with E-state index in [-0.39, 0.29) is 6.10 Å². The second-order valence-electron chi connectivity index (χ2n) is 6.56. The molecule has 0 aromatic rings. The summed E-state index contributed by atoms with van der Waals surface area (Å²) in [4.78, 5) is 0. The Morgan fingerprint density at radius 3 is 2.88 bits per heavy atom. The summed E-state index contributed by atoms with van der Waals surface area (Å²) in [6, 6.07) is 0. The topological polar surface area (TPSA) is 20.2 Å². The molecule has 0 saturated heterocycles. The van der Waals surface area contributed by atoms with Crippen LogP contribution in [0.3, 0.4) is 0 Å². The SMILES string of the molecule is OC(CC1CC2CCC1C2)C1=CCCCCC1. The summed E-state index contributed by atoms with van der Waals surface area (Å²) in [5.74, 6) is 2.81. The summed E-state index contributed by atoms with van der Waals surface area (Å²) in [5.41, 5.74) is 1.37. The van der Waals surface area contributed by atoms with Crippen molar-refractivity contribution in [1.29, 1.82) is 0 Å². The molecule has 0 aliphatic heterocycles. The number of allylic oxidation sites excluding steroid dienone is 1. The second-order valence-corrected chi connectivity index (χ2v) is 6.56. The van der Waals surface area contributed by atoms with E-state index in [0.717, 1.165) is 30.6 Å². The molecule has 1 nitrogen and oxygen atoms in total. The van der Waals surface area contributed by atoms with Crippen LogP contribution < -0.4 is 0 Å². The van der Waals surface area contributed by atoms with E-state index in [1.807, 2.05) is 0 Å². The van der Waals surface area contributed by atoms with Crippen molar-refractivity contribution in [3.05, 3.63) is 11.6 Å². The molecular formula is C16H26O. The molecule has 0 aromatic heterocycles. The lowest BCUT2D eigenvalue weighted by Gasteiger charge is -2.25. The molecule has 2 fully saturated rings. The second kappa shape index (κ2) is 5.14. The molecule has 17 heavy (non-hydrogen) atoms. The smallest absolute Gasteiger partial charge is 0.0752 e. The van der Waals surface area contributed by atoms with Gasteiger partial charge in [-0.2, -0.15) is 0 Å². The number of aliphatic hydroxyl groups excluding tert-OH is 1. The maximum Gasteiger partial charge on any atom is 0.0752 e. The molecule has 2 bridgehead atoms. The largest absolute Gasteiger partial charge is 0.389 e. The molecule has 0 heterocycles. The van der Waals surface area contributed by atoms with Gasteiger partial charge in [-0.15, -0.1) is 0 Å². The zero-order chi connectivity index (χ0) is 11.7. The summed E-state index contributed by atoms with van der Waals surface area (Å²) >= 11 is 0. The van der Waals surface area contributed by atoms with E-state index in [4.69, 9.17) is 0 Å². The monoisotopic (exact) mass is 234 g/mol. The van der Waals surface area contributed by atoms with Gasteiger partial charge < -0.3 is 5.11 Å². The quantitative estimate of drug-likeness (QED) is 0.730. The lowest BCUT2D eigenvalue weighted by molar-refractivity contribution is 0.150. The first-order valence-corrected chi connectivity index (χ1v) is 7.70. The Morgan fingerprint density at radius 2 is 2.12 bits per heavy atom. The van der Waals surface area contributed by atoms with E-state index in [1.54, 1.807) is 0 Å². The van der Waals surface area contributed by atoms with Gasteiger partial charge >= 0.3 is 0 Å². The zero-order valence-electron chi connectivity index (χ0n) is 10.9. The molecule has 3 rings (SSSR count). The minimum Gasteiger partial charge on any atom is -0.389 e. The van der Waals surface area contributed by atoms with Crippen LogP contribution in [0.4, 0.5) is 0 Å². The molecule has 2 saturated carbocycles. The molecule has 4 atom stereocenters. The number of hydrogen-bond donors (Lipinski definition) is 1. The summed E-state index contributed by atoms with van der Waals surface area (Å²) in [6.07, 6.45) is 15.4. The van der Waals surface area contributed by atoms with Crippen LogP contribution in [0.15, 0.2) is 11.6 Å². The summed E-state index contributed by atoms with van der Waals surface area (Å²) < 4.78 is 0. The number of aliphatic hydroxyl groups is 1. The van der Waals surface area contributed by atoms with Crippen LogP contribution in [0.1, 0.15) is 64.2 Å². The summed E-state index contributed by atoms with van der Waals surface area (Å²) in [5, 5.41) is 10.4. The van der Waals surface area contributed by atoms with Crippen LogP contribution in [0.25, 0.3) is 0 Å². The Hall–Kier alpha value is -0.300. The first-order chi connectivity index (χ1) is 8.33. The highest BCUT2D eigenvalue weighted by Gasteiger charge is 2.40. The van der Waals surface area contributed by atoms with Gasteiger partial charge in [-0.1, -0.05) is 18.9 Å². The predicted octanol–water partition coefficient (Wildman–Crippen LogP) is 4.06.